The largest absolute Gasteiger partial charge is 0.391 e. The molecule has 0 bridgehead atoms. The van der Waals surface area contributed by atoms with E-state index in [1.807, 2.05) is 25.3 Å². The molecule has 2 aromatic rings. The topological polar surface area (TPSA) is 38.1 Å². The molecule has 2 atom stereocenters. The maximum Gasteiger partial charge on any atom is 0.0957 e. The van der Waals surface area contributed by atoms with Gasteiger partial charge < -0.3 is 9.67 Å². The first-order valence-electron chi connectivity index (χ1n) is 5.62. The summed E-state index contributed by atoms with van der Waals surface area (Å²) in [5.41, 5.74) is 3.50. The van der Waals surface area contributed by atoms with Crippen molar-refractivity contribution in [2.75, 3.05) is 0 Å². The first-order valence-corrected chi connectivity index (χ1v) is 5.62. The van der Waals surface area contributed by atoms with E-state index in [0.29, 0.717) is 0 Å². The average molecular weight is 214 g/mol. The van der Waals surface area contributed by atoms with Crippen molar-refractivity contribution in [2.45, 2.75) is 25.5 Å². The lowest BCUT2D eigenvalue weighted by atomic mass is 9.98. The van der Waals surface area contributed by atoms with E-state index in [1.54, 1.807) is 6.33 Å². The summed E-state index contributed by atoms with van der Waals surface area (Å²) in [6.45, 7) is 2.00. The van der Waals surface area contributed by atoms with Crippen LogP contribution in [0.15, 0.2) is 36.8 Å². The smallest absolute Gasteiger partial charge is 0.0957 e. The van der Waals surface area contributed by atoms with Crippen molar-refractivity contribution in [2.24, 2.45) is 0 Å². The SMILES string of the molecule is CCC(O)[C@H]1c2ccccc2-c2cncn21. The molecule has 82 valence electrons. The van der Waals surface area contributed by atoms with Crippen molar-refractivity contribution in [3.63, 3.8) is 0 Å². The van der Waals surface area contributed by atoms with Crippen LogP contribution in [-0.2, 0) is 0 Å². The third-order valence-corrected chi connectivity index (χ3v) is 3.30. The maximum absolute atomic E-state index is 10.1. The number of benzene rings is 1. The van der Waals surface area contributed by atoms with Gasteiger partial charge in [0, 0.05) is 5.56 Å². The van der Waals surface area contributed by atoms with Crippen molar-refractivity contribution in [3.8, 4) is 11.3 Å². The van der Waals surface area contributed by atoms with Crippen LogP contribution in [0, 0.1) is 0 Å². The highest BCUT2D eigenvalue weighted by molar-refractivity contribution is 5.69. The van der Waals surface area contributed by atoms with E-state index in [0.717, 1.165) is 12.1 Å². The van der Waals surface area contributed by atoms with Gasteiger partial charge in [-0.05, 0) is 12.0 Å². The van der Waals surface area contributed by atoms with Crippen molar-refractivity contribution >= 4 is 0 Å². The molecule has 1 aliphatic heterocycles. The Bertz CT molecular complexity index is 518. The highest BCUT2D eigenvalue weighted by Gasteiger charge is 2.32. The predicted octanol–water partition coefficient (Wildman–Crippen LogP) is 2.22. The quantitative estimate of drug-likeness (QED) is 0.832. The molecule has 0 amide bonds. The van der Waals surface area contributed by atoms with E-state index < -0.39 is 0 Å². The van der Waals surface area contributed by atoms with Gasteiger partial charge in [0.25, 0.3) is 0 Å². The highest BCUT2D eigenvalue weighted by atomic mass is 16.3. The van der Waals surface area contributed by atoms with Crippen molar-refractivity contribution in [3.05, 3.63) is 42.4 Å². The van der Waals surface area contributed by atoms with Gasteiger partial charge in [0.05, 0.1) is 30.4 Å². The fraction of sp³-hybridized carbons (Fsp3) is 0.308. The number of hydrogen-bond acceptors (Lipinski definition) is 2. The number of nitrogens with zero attached hydrogens (tertiary/aromatic N) is 2. The van der Waals surface area contributed by atoms with Crippen LogP contribution in [0.4, 0.5) is 0 Å². The third kappa shape index (κ3) is 1.15. The van der Waals surface area contributed by atoms with Gasteiger partial charge in [-0.1, -0.05) is 31.2 Å². The Morgan fingerprint density at radius 3 is 3.06 bits per heavy atom. The lowest BCUT2D eigenvalue weighted by Crippen LogP contribution is -2.21. The minimum atomic E-state index is -0.350. The molecular formula is C13H14N2O. The molecule has 3 heteroatoms. The van der Waals surface area contributed by atoms with Crippen molar-refractivity contribution in [1.29, 1.82) is 0 Å². The Labute approximate surface area is 94.4 Å². The fourth-order valence-electron chi connectivity index (χ4n) is 2.49. The number of aliphatic hydroxyl groups is 1. The normalized spacial score (nSPS) is 19.2. The first-order chi connectivity index (χ1) is 7.83. The van der Waals surface area contributed by atoms with Crippen LogP contribution in [0.2, 0.25) is 0 Å². The molecule has 0 aliphatic carbocycles. The van der Waals surface area contributed by atoms with Gasteiger partial charge in [0.2, 0.25) is 0 Å². The lowest BCUT2D eigenvalue weighted by molar-refractivity contribution is 0.129. The molecule has 1 aliphatic rings. The second-order valence-corrected chi connectivity index (χ2v) is 4.19. The van der Waals surface area contributed by atoms with Gasteiger partial charge in [0.15, 0.2) is 0 Å². The molecule has 0 saturated heterocycles. The average Bonchev–Trinajstić information content (AvgIpc) is 2.87. The van der Waals surface area contributed by atoms with E-state index in [9.17, 15) is 5.11 Å². The van der Waals surface area contributed by atoms with Gasteiger partial charge in [-0.25, -0.2) is 4.98 Å². The van der Waals surface area contributed by atoms with Gasteiger partial charge >= 0.3 is 0 Å². The molecule has 16 heavy (non-hydrogen) atoms. The molecule has 3 rings (SSSR count). The number of rotatable bonds is 2. The third-order valence-electron chi connectivity index (χ3n) is 3.30. The molecule has 2 heterocycles. The second kappa shape index (κ2) is 3.46. The summed E-state index contributed by atoms with van der Waals surface area (Å²) in [5, 5.41) is 10.1. The Hall–Kier alpha value is -1.61. The van der Waals surface area contributed by atoms with Gasteiger partial charge in [-0.2, -0.15) is 0 Å². The minimum absolute atomic E-state index is 0.0266. The molecule has 3 nitrogen and oxygen atoms in total. The van der Waals surface area contributed by atoms with E-state index in [4.69, 9.17) is 0 Å². The number of fused-ring (bicyclic) bond motifs is 3. The summed E-state index contributed by atoms with van der Waals surface area (Å²) in [7, 11) is 0. The van der Waals surface area contributed by atoms with Crippen LogP contribution < -0.4 is 0 Å². The van der Waals surface area contributed by atoms with Gasteiger partial charge in [0.1, 0.15) is 0 Å². The molecule has 0 saturated carbocycles. The van der Waals surface area contributed by atoms with Crippen molar-refractivity contribution < 1.29 is 5.11 Å². The maximum atomic E-state index is 10.1. The Morgan fingerprint density at radius 2 is 2.25 bits per heavy atom. The number of hydrogen-bond donors (Lipinski definition) is 1. The van der Waals surface area contributed by atoms with E-state index >= 15 is 0 Å². The molecule has 1 unspecified atom stereocenters. The number of imidazole rings is 1. The lowest BCUT2D eigenvalue weighted by Gasteiger charge is -2.19. The van der Waals surface area contributed by atoms with Crippen LogP contribution in [0.5, 0.6) is 0 Å². The Balaban J connectivity index is 2.21. The van der Waals surface area contributed by atoms with Crippen LogP contribution in [0.3, 0.4) is 0 Å². The van der Waals surface area contributed by atoms with Gasteiger partial charge in [-0.15, -0.1) is 0 Å². The zero-order chi connectivity index (χ0) is 11.1. The van der Waals surface area contributed by atoms with Gasteiger partial charge in [-0.3, -0.25) is 0 Å². The Morgan fingerprint density at radius 1 is 1.44 bits per heavy atom. The standard InChI is InChI=1S/C13H14N2O/c1-2-12(16)13-10-6-4-3-5-9(10)11-7-14-8-15(11)13/h3-8,12-13,16H,2H2,1H3/t12?,13-/m1/s1. The van der Waals surface area contributed by atoms with E-state index in [2.05, 4.69) is 21.7 Å². The summed E-state index contributed by atoms with van der Waals surface area (Å²) in [6.07, 6.45) is 4.06. The summed E-state index contributed by atoms with van der Waals surface area (Å²) < 4.78 is 2.07. The van der Waals surface area contributed by atoms with Crippen LogP contribution >= 0.6 is 0 Å². The molecular weight excluding hydrogens is 200 g/mol. The molecule has 1 aromatic carbocycles. The fourth-order valence-corrected chi connectivity index (χ4v) is 2.49. The second-order valence-electron chi connectivity index (χ2n) is 4.19. The number of aliphatic hydroxyl groups excluding tert-OH is 1. The minimum Gasteiger partial charge on any atom is -0.391 e. The van der Waals surface area contributed by atoms with E-state index in [-0.39, 0.29) is 12.1 Å². The van der Waals surface area contributed by atoms with Crippen LogP contribution in [0.25, 0.3) is 11.3 Å². The summed E-state index contributed by atoms with van der Waals surface area (Å²) in [5.74, 6) is 0. The summed E-state index contributed by atoms with van der Waals surface area (Å²) >= 11 is 0. The zero-order valence-electron chi connectivity index (χ0n) is 9.17. The van der Waals surface area contributed by atoms with Crippen LogP contribution in [0.1, 0.15) is 24.9 Å². The Kier molecular flexibility index (Phi) is 2.07. The molecule has 0 fully saturated rings. The predicted molar refractivity (Wildman–Crippen MR) is 62.1 cm³/mol. The van der Waals surface area contributed by atoms with Crippen molar-refractivity contribution in [1.82, 2.24) is 9.55 Å². The molecule has 0 radical (unpaired) electrons. The summed E-state index contributed by atoms with van der Waals surface area (Å²) in [4.78, 5) is 4.16. The number of aromatic nitrogens is 2. The monoisotopic (exact) mass is 214 g/mol. The van der Waals surface area contributed by atoms with Crippen LogP contribution in [-0.4, -0.2) is 20.8 Å². The zero-order valence-corrected chi connectivity index (χ0v) is 9.17. The van der Waals surface area contributed by atoms with E-state index in [1.165, 1.54) is 11.1 Å². The molecule has 1 N–H and O–H groups in total. The summed E-state index contributed by atoms with van der Waals surface area (Å²) in [6, 6.07) is 8.25. The highest BCUT2D eigenvalue weighted by Crippen LogP contribution is 2.40. The molecule has 0 spiro atoms. The molecule has 1 aromatic heterocycles. The first kappa shape index (κ1) is 9.60.